The Labute approximate surface area is 118 Å². The molecular weight excluding hydrogens is 260 g/mol. The van der Waals surface area contributed by atoms with E-state index < -0.39 is 0 Å². The molecule has 1 aromatic heterocycles. The van der Waals surface area contributed by atoms with Crippen LogP contribution in [0.4, 0.5) is 0 Å². The van der Waals surface area contributed by atoms with Crippen LogP contribution < -0.4 is 0 Å². The van der Waals surface area contributed by atoms with Crippen LogP contribution in [0.15, 0.2) is 24.3 Å². The van der Waals surface area contributed by atoms with Gasteiger partial charge in [-0.25, -0.2) is 4.68 Å². The van der Waals surface area contributed by atoms with E-state index >= 15 is 0 Å². The van der Waals surface area contributed by atoms with E-state index in [0.29, 0.717) is 16.5 Å². The summed E-state index contributed by atoms with van der Waals surface area (Å²) in [5.41, 5.74) is 3.55. The van der Waals surface area contributed by atoms with Crippen molar-refractivity contribution in [3.63, 3.8) is 0 Å². The van der Waals surface area contributed by atoms with Gasteiger partial charge in [0.05, 0.1) is 5.69 Å². The zero-order valence-corrected chi connectivity index (χ0v) is 12.3. The predicted octanol–water partition coefficient (Wildman–Crippen LogP) is 3.97. The van der Waals surface area contributed by atoms with Crippen molar-refractivity contribution in [2.75, 3.05) is 0 Å². The summed E-state index contributed by atoms with van der Waals surface area (Å²) in [7, 11) is 0. The van der Waals surface area contributed by atoms with E-state index in [-0.39, 0.29) is 5.91 Å². The zero-order valence-electron chi connectivity index (χ0n) is 11.6. The highest BCUT2D eigenvalue weighted by Crippen LogP contribution is 2.23. The number of rotatable bonds is 2. The second-order valence-electron chi connectivity index (χ2n) is 4.96. The van der Waals surface area contributed by atoms with Gasteiger partial charge in [-0.1, -0.05) is 25.4 Å². The summed E-state index contributed by atoms with van der Waals surface area (Å²) in [6.07, 6.45) is 0. The summed E-state index contributed by atoms with van der Waals surface area (Å²) >= 11 is 5.83. The number of hydrogen-bond acceptors (Lipinski definition) is 2. The van der Waals surface area contributed by atoms with E-state index in [2.05, 4.69) is 18.9 Å². The summed E-state index contributed by atoms with van der Waals surface area (Å²) in [4.78, 5) is 12.4. The molecule has 0 saturated carbocycles. The highest BCUT2D eigenvalue weighted by molar-refractivity contribution is 6.30. The van der Waals surface area contributed by atoms with Crippen molar-refractivity contribution in [3.05, 3.63) is 51.8 Å². The van der Waals surface area contributed by atoms with Crippen LogP contribution in [-0.4, -0.2) is 15.7 Å². The van der Waals surface area contributed by atoms with E-state index in [0.717, 1.165) is 17.0 Å². The average molecular weight is 277 g/mol. The summed E-state index contributed by atoms with van der Waals surface area (Å²) in [5, 5.41) is 4.98. The van der Waals surface area contributed by atoms with Crippen LogP contribution >= 0.6 is 11.6 Å². The number of carbonyl (C=O) groups excluding carboxylic acids is 1. The van der Waals surface area contributed by atoms with Gasteiger partial charge >= 0.3 is 0 Å². The van der Waals surface area contributed by atoms with Crippen molar-refractivity contribution in [1.82, 2.24) is 9.78 Å². The van der Waals surface area contributed by atoms with E-state index in [9.17, 15) is 4.79 Å². The second kappa shape index (κ2) is 5.17. The third-order valence-corrected chi connectivity index (χ3v) is 3.46. The first-order valence-electron chi connectivity index (χ1n) is 6.28. The number of halogens is 1. The quantitative estimate of drug-likeness (QED) is 0.832. The Hall–Kier alpha value is -1.61. The SMILES string of the molecule is Cc1nn(C(=O)c2ccc(Cl)cc2)c(C)c1C(C)C. The molecule has 0 N–H and O–H groups in total. The molecule has 2 rings (SSSR count). The van der Waals surface area contributed by atoms with Gasteiger partial charge in [-0.15, -0.1) is 0 Å². The maximum absolute atomic E-state index is 12.4. The summed E-state index contributed by atoms with van der Waals surface area (Å²) < 4.78 is 1.48. The van der Waals surface area contributed by atoms with Crippen LogP contribution in [0.2, 0.25) is 5.02 Å². The lowest BCUT2D eigenvalue weighted by molar-refractivity contribution is 0.0942. The highest BCUT2D eigenvalue weighted by Gasteiger charge is 2.19. The molecule has 2 aromatic rings. The van der Waals surface area contributed by atoms with Gasteiger partial charge in [-0.2, -0.15) is 5.10 Å². The number of benzene rings is 1. The fourth-order valence-corrected chi connectivity index (χ4v) is 2.53. The molecule has 0 unspecified atom stereocenters. The molecule has 0 amide bonds. The Balaban J connectivity index is 2.45. The number of aryl methyl sites for hydroxylation is 1. The largest absolute Gasteiger partial charge is 0.278 e. The van der Waals surface area contributed by atoms with E-state index in [4.69, 9.17) is 11.6 Å². The van der Waals surface area contributed by atoms with Crippen LogP contribution in [0.1, 0.15) is 47.1 Å². The van der Waals surface area contributed by atoms with Gasteiger partial charge in [0.25, 0.3) is 5.91 Å². The molecule has 0 aliphatic heterocycles. The van der Waals surface area contributed by atoms with Crippen molar-refractivity contribution in [1.29, 1.82) is 0 Å². The van der Waals surface area contributed by atoms with Crippen molar-refractivity contribution in [2.24, 2.45) is 0 Å². The van der Waals surface area contributed by atoms with Gasteiger partial charge in [0.2, 0.25) is 0 Å². The Morgan fingerprint density at radius 1 is 1.21 bits per heavy atom. The standard InChI is InChI=1S/C15H17ClN2O/c1-9(2)14-10(3)17-18(11(14)4)15(19)12-5-7-13(16)8-6-12/h5-9H,1-4H3. The molecule has 0 atom stereocenters. The zero-order chi connectivity index (χ0) is 14.2. The third kappa shape index (κ3) is 2.56. The van der Waals surface area contributed by atoms with Crippen molar-refractivity contribution >= 4 is 17.5 Å². The minimum absolute atomic E-state index is 0.121. The Bertz CT molecular complexity index is 612. The van der Waals surface area contributed by atoms with Crippen LogP contribution in [-0.2, 0) is 0 Å². The van der Waals surface area contributed by atoms with Crippen LogP contribution in [0.3, 0.4) is 0 Å². The lowest BCUT2D eigenvalue weighted by atomic mass is 10.0. The van der Waals surface area contributed by atoms with Crippen molar-refractivity contribution < 1.29 is 4.79 Å². The topological polar surface area (TPSA) is 34.9 Å². The fourth-order valence-electron chi connectivity index (χ4n) is 2.40. The molecule has 0 spiro atoms. The second-order valence-corrected chi connectivity index (χ2v) is 5.40. The number of hydrogen-bond donors (Lipinski definition) is 0. The van der Waals surface area contributed by atoms with Gasteiger partial charge in [-0.05, 0) is 49.6 Å². The maximum atomic E-state index is 12.4. The van der Waals surface area contributed by atoms with Gasteiger partial charge in [-0.3, -0.25) is 4.79 Å². The molecule has 4 heteroatoms. The summed E-state index contributed by atoms with van der Waals surface area (Å²) in [6, 6.07) is 6.86. The molecule has 100 valence electrons. The first-order chi connectivity index (χ1) is 8.91. The first-order valence-corrected chi connectivity index (χ1v) is 6.66. The average Bonchev–Trinajstić information content (AvgIpc) is 2.65. The van der Waals surface area contributed by atoms with E-state index in [1.807, 2.05) is 13.8 Å². The van der Waals surface area contributed by atoms with Gasteiger partial charge < -0.3 is 0 Å². The lowest BCUT2D eigenvalue weighted by Gasteiger charge is -2.06. The van der Waals surface area contributed by atoms with Gasteiger partial charge in [0, 0.05) is 16.3 Å². The fraction of sp³-hybridized carbons (Fsp3) is 0.333. The summed E-state index contributed by atoms with van der Waals surface area (Å²) in [6.45, 7) is 8.08. The highest BCUT2D eigenvalue weighted by atomic mass is 35.5. The minimum atomic E-state index is -0.121. The number of aromatic nitrogens is 2. The van der Waals surface area contributed by atoms with Crippen LogP contribution in [0.5, 0.6) is 0 Å². The lowest BCUT2D eigenvalue weighted by Crippen LogP contribution is -2.15. The molecule has 0 bridgehead atoms. The van der Waals surface area contributed by atoms with Crippen LogP contribution in [0.25, 0.3) is 0 Å². The maximum Gasteiger partial charge on any atom is 0.278 e. The van der Waals surface area contributed by atoms with Crippen molar-refractivity contribution in [3.8, 4) is 0 Å². The molecule has 1 aromatic carbocycles. The number of nitrogens with zero attached hydrogens (tertiary/aromatic N) is 2. The summed E-state index contributed by atoms with van der Waals surface area (Å²) in [5.74, 6) is 0.232. The van der Waals surface area contributed by atoms with Gasteiger partial charge in [0.1, 0.15) is 0 Å². The molecule has 1 heterocycles. The Morgan fingerprint density at radius 3 is 2.26 bits per heavy atom. The normalized spacial score (nSPS) is 11.1. The first kappa shape index (κ1) is 13.8. The molecule has 0 aliphatic carbocycles. The number of carbonyl (C=O) groups is 1. The smallest absolute Gasteiger partial charge is 0.267 e. The van der Waals surface area contributed by atoms with Crippen molar-refractivity contribution in [2.45, 2.75) is 33.6 Å². The van der Waals surface area contributed by atoms with E-state index in [1.54, 1.807) is 24.3 Å². The molecule has 0 fully saturated rings. The van der Waals surface area contributed by atoms with E-state index in [1.165, 1.54) is 4.68 Å². The van der Waals surface area contributed by atoms with Gasteiger partial charge in [0.15, 0.2) is 0 Å². The van der Waals surface area contributed by atoms with Crippen LogP contribution in [0, 0.1) is 13.8 Å². The Morgan fingerprint density at radius 2 is 1.79 bits per heavy atom. The molecule has 0 aliphatic rings. The Kier molecular flexibility index (Phi) is 3.76. The third-order valence-electron chi connectivity index (χ3n) is 3.21. The molecule has 0 radical (unpaired) electrons. The minimum Gasteiger partial charge on any atom is -0.267 e. The molecule has 0 saturated heterocycles. The monoisotopic (exact) mass is 276 g/mol. The molecule has 3 nitrogen and oxygen atoms in total. The predicted molar refractivity (Wildman–Crippen MR) is 77.0 cm³/mol. The molecular formula is C15H17ClN2O. The molecule has 19 heavy (non-hydrogen) atoms.